The van der Waals surface area contributed by atoms with Gasteiger partial charge in [0, 0.05) is 19.3 Å². The summed E-state index contributed by atoms with van der Waals surface area (Å²) in [6, 6.07) is 0. The van der Waals surface area contributed by atoms with Crippen molar-refractivity contribution in [3.63, 3.8) is 0 Å². The molecule has 0 amide bonds. The summed E-state index contributed by atoms with van der Waals surface area (Å²) in [4.78, 5) is 38.3. The third-order valence-corrected chi connectivity index (χ3v) is 16.8. The highest BCUT2D eigenvalue weighted by Crippen LogP contribution is 2.19. The summed E-state index contributed by atoms with van der Waals surface area (Å²) in [5.41, 5.74) is 0. The van der Waals surface area contributed by atoms with Crippen molar-refractivity contribution in [2.75, 3.05) is 13.2 Å². The molecular weight excluding hydrogens is 1020 g/mol. The third-order valence-electron chi connectivity index (χ3n) is 16.8. The van der Waals surface area contributed by atoms with Crippen molar-refractivity contribution >= 4 is 17.9 Å². The quantitative estimate of drug-likeness (QED) is 0.0261. The molecule has 486 valence electrons. The van der Waals surface area contributed by atoms with E-state index in [1.165, 1.54) is 276 Å². The number of unbranched alkanes of at least 4 members (excludes halogenated alkanes) is 50. The molecule has 1 unspecified atom stereocenters. The molecule has 6 nitrogen and oxygen atoms in total. The molecule has 0 aromatic carbocycles. The molecule has 0 saturated carbocycles. The van der Waals surface area contributed by atoms with Gasteiger partial charge in [-0.25, -0.2) is 0 Å². The van der Waals surface area contributed by atoms with Gasteiger partial charge in [-0.2, -0.15) is 0 Å². The third kappa shape index (κ3) is 70.0. The van der Waals surface area contributed by atoms with Crippen LogP contribution in [0.2, 0.25) is 0 Å². The first-order valence-electron chi connectivity index (χ1n) is 37.1. The van der Waals surface area contributed by atoms with Crippen molar-refractivity contribution in [3.8, 4) is 0 Å². The maximum Gasteiger partial charge on any atom is 0.306 e. The van der Waals surface area contributed by atoms with E-state index >= 15 is 0 Å². The lowest BCUT2D eigenvalue weighted by Crippen LogP contribution is -2.30. The number of ether oxygens (including phenoxy) is 3. The molecular formula is C77H142O6. The monoisotopic (exact) mass is 1160 g/mol. The number of carbonyl (C=O) groups is 3. The van der Waals surface area contributed by atoms with Gasteiger partial charge in [-0.1, -0.05) is 358 Å². The zero-order valence-corrected chi connectivity index (χ0v) is 56.0. The van der Waals surface area contributed by atoms with Crippen LogP contribution in [0.15, 0.2) is 48.6 Å². The second-order valence-electron chi connectivity index (χ2n) is 25.2. The number of rotatable bonds is 69. The van der Waals surface area contributed by atoms with Crippen LogP contribution >= 0.6 is 0 Å². The topological polar surface area (TPSA) is 78.9 Å². The van der Waals surface area contributed by atoms with Crippen molar-refractivity contribution < 1.29 is 28.6 Å². The molecule has 0 aromatic heterocycles. The molecule has 0 saturated heterocycles. The average Bonchev–Trinajstić information content (AvgIpc) is 3.48. The van der Waals surface area contributed by atoms with E-state index in [2.05, 4.69) is 69.4 Å². The van der Waals surface area contributed by atoms with Gasteiger partial charge in [0.05, 0.1) is 0 Å². The second-order valence-corrected chi connectivity index (χ2v) is 25.2. The van der Waals surface area contributed by atoms with Gasteiger partial charge < -0.3 is 14.2 Å². The Kier molecular flexibility index (Phi) is 69.6. The van der Waals surface area contributed by atoms with Crippen LogP contribution in [-0.2, 0) is 28.6 Å². The lowest BCUT2D eigenvalue weighted by atomic mass is 10.0. The highest BCUT2D eigenvalue weighted by molar-refractivity contribution is 5.71. The Labute approximate surface area is 518 Å². The Hall–Kier alpha value is -2.63. The molecule has 0 radical (unpaired) electrons. The van der Waals surface area contributed by atoms with E-state index < -0.39 is 6.10 Å². The molecule has 83 heavy (non-hydrogen) atoms. The fourth-order valence-electron chi connectivity index (χ4n) is 11.2. The minimum atomic E-state index is -0.783. The number of allylic oxidation sites excluding steroid dienone is 8. The van der Waals surface area contributed by atoms with Crippen molar-refractivity contribution in [2.45, 2.75) is 412 Å². The summed E-state index contributed by atoms with van der Waals surface area (Å²) >= 11 is 0. The highest BCUT2D eigenvalue weighted by Gasteiger charge is 2.19. The first kappa shape index (κ1) is 80.4. The molecule has 0 heterocycles. The summed E-state index contributed by atoms with van der Waals surface area (Å²) in [5, 5.41) is 0. The van der Waals surface area contributed by atoms with Gasteiger partial charge in [0.25, 0.3) is 0 Å². The summed E-state index contributed by atoms with van der Waals surface area (Å²) in [6.45, 7) is 6.62. The summed E-state index contributed by atoms with van der Waals surface area (Å²) in [5.74, 6) is -0.878. The number of carbonyl (C=O) groups excluding carboxylic acids is 3. The molecule has 0 aromatic rings. The van der Waals surface area contributed by atoms with Gasteiger partial charge >= 0.3 is 17.9 Å². The SMILES string of the molecule is CCCC/C=C\CCCCCCCC(=O)OCC(COC(=O)CCCCCCCCCCCCCCCCCCCCCCCCCCCCCCCCCCCCC)OC(=O)CCCCCCCC/C=C\C/C=C\C/C=C\CCCCC. The van der Waals surface area contributed by atoms with Crippen LogP contribution < -0.4 is 0 Å². The predicted molar refractivity (Wildman–Crippen MR) is 362 cm³/mol. The normalized spacial score (nSPS) is 12.3. The zero-order chi connectivity index (χ0) is 59.9. The number of esters is 3. The molecule has 0 aliphatic heterocycles. The largest absolute Gasteiger partial charge is 0.462 e. The molecule has 0 bridgehead atoms. The highest BCUT2D eigenvalue weighted by atomic mass is 16.6. The van der Waals surface area contributed by atoms with Gasteiger partial charge in [0.15, 0.2) is 6.10 Å². The molecule has 1 atom stereocenters. The van der Waals surface area contributed by atoms with E-state index in [-0.39, 0.29) is 31.1 Å². The summed E-state index contributed by atoms with van der Waals surface area (Å²) < 4.78 is 16.9. The zero-order valence-electron chi connectivity index (χ0n) is 56.0. The Bertz CT molecular complexity index is 1430. The molecule has 0 N–H and O–H groups in total. The van der Waals surface area contributed by atoms with E-state index in [4.69, 9.17) is 14.2 Å². The first-order chi connectivity index (χ1) is 41.0. The van der Waals surface area contributed by atoms with E-state index in [1.807, 2.05) is 0 Å². The van der Waals surface area contributed by atoms with E-state index in [0.29, 0.717) is 19.3 Å². The fourth-order valence-corrected chi connectivity index (χ4v) is 11.2. The second kappa shape index (κ2) is 71.8. The van der Waals surface area contributed by atoms with Crippen LogP contribution in [0.3, 0.4) is 0 Å². The molecule has 0 rings (SSSR count). The molecule has 0 aliphatic rings. The van der Waals surface area contributed by atoms with Crippen LogP contribution in [-0.4, -0.2) is 37.2 Å². The maximum atomic E-state index is 12.9. The Morgan fingerprint density at radius 1 is 0.241 bits per heavy atom. The van der Waals surface area contributed by atoms with Gasteiger partial charge in [0.2, 0.25) is 0 Å². The predicted octanol–water partition coefficient (Wildman–Crippen LogP) is 25.7. The van der Waals surface area contributed by atoms with Crippen LogP contribution in [0.4, 0.5) is 0 Å². The minimum absolute atomic E-state index is 0.0777. The molecule has 0 fully saturated rings. The molecule has 0 spiro atoms. The Balaban J connectivity index is 4.05. The fraction of sp³-hybridized carbons (Fsp3) is 0.857. The maximum absolute atomic E-state index is 12.9. The van der Waals surface area contributed by atoms with Gasteiger partial charge in [-0.3, -0.25) is 14.4 Å². The van der Waals surface area contributed by atoms with Crippen molar-refractivity contribution in [2.24, 2.45) is 0 Å². The van der Waals surface area contributed by atoms with Crippen molar-refractivity contribution in [1.29, 1.82) is 0 Å². The van der Waals surface area contributed by atoms with E-state index in [1.54, 1.807) is 0 Å². The smallest absolute Gasteiger partial charge is 0.306 e. The minimum Gasteiger partial charge on any atom is -0.462 e. The van der Waals surface area contributed by atoms with Crippen LogP contribution in [0.1, 0.15) is 406 Å². The van der Waals surface area contributed by atoms with E-state index in [0.717, 1.165) is 89.9 Å². The average molecular weight is 1160 g/mol. The van der Waals surface area contributed by atoms with Crippen molar-refractivity contribution in [3.05, 3.63) is 48.6 Å². The number of hydrogen-bond donors (Lipinski definition) is 0. The summed E-state index contributed by atoms with van der Waals surface area (Å²) in [7, 11) is 0. The molecule has 6 heteroatoms. The van der Waals surface area contributed by atoms with Gasteiger partial charge in [-0.05, 0) is 77.0 Å². The lowest BCUT2D eigenvalue weighted by molar-refractivity contribution is -0.167. The van der Waals surface area contributed by atoms with Crippen LogP contribution in [0, 0.1) is 0 Å². The van der Waals surface area contributed by atoms with Gasteiger partial charge in [-0.15, -0.1) is 0 Å². The number of hydrogen-bond acceptors (Lipinski definition) is 6. The lowest BCUT2D eigenvalue weighted by Gasteiger charge is -2.18. The van der Waals surface area contributed by atoms with Crippen LogP contribution in [0.25, 0.3) is 0 Å². The van der Waals surface area contributed by atoms with Crippen molar-refractivity contribution in [1.82, 2.24) is 0 Å². The van der Waals surface area contributed by atoms with E-state index in [9.17, 15) is 14.4 Å². The molecule has 0 aliphatic carbocycles. The van der Waals surface area contributed by atoms with Crippen LogP contribution in [0.5, 0.6) is 0 Å². The summed E-state index contributed by atoms with van der Waals surface area (Å²) in [6.07, 6.45) is 91.8. The van der Waals surface area contributed by atoms with Gasteiger partial charge in [0.1, 0.15) is 13.2 Å². The Morgan fingerprint density at radius 3 is 0.747 bits per heavy atom. The standard InChI is InChI=1S/C77H142O6/c1-4-7-10-13-16-19-22-24-26-28-30-31-32-33-34-35-36-37-38-39-40-41-42-43-44-45-47-48-50-52-55-58-61-64-67-70-76(79)82-73-74(72-81-75(78)69-66-63-60-57-54-21-18-15-12-9-6-3)83-77(80)71-68-65-62-59-56-53-51-49-46-29-27-25-23-20-17-14-11-8-5-2/h15,17-18,20,25,27,46,49,74H,4-14,16,19,21-24,26,28-45,47-48,50-73H2,1-3H3/b18-15-,20-17-,27-25-,49-46-. The Morgan fingerprint density at radius 2 is 0.446 bits per heavy atom. The first-order valence-corrected chi connectivity index (χ1v) is 37.1.